The Hall–Kier alpha value is -3.01. The molecule has 0 aliphatic carbocycles. The van der Waals surface area contributed by atoms with Crippen LogP contribution in [0.4, 0.5) is 0 Å². The van der Waals surface area contributed by atoms with Gasteiger partial charge in [-0.2, -0.15) is 5.26 Å². The molecule has 158 valence electrons. The molecule has 2 aromatic carbocycles. The van der Waals surface area contributed by atoms with Crippen molar-refractivity contribution in [3.05, 3.63) is 75.0 Å². The molecule has 1 fully saturated rings. The zero-order valence-electron chi connectivity index (χ0n) is 16.4. The normalized spacial score (nSPS) is 22.5. The average Bonchev–Trinajstić information content (AvgIpc) is 3.14. The van der Waals surface area contributed by atoms with E-state index in [1.807, 2.05) is 0 Å². The van der Waals surface area contributed by atoms with Crippen LogP contribution in [0.2, 0.25) is 10.0 Å². The molecule has 2 atom stereocenters. The lowest BCUT2D eigenvalue weighted by molar-refractivity contribution is -0.127. The molecule has 2 aliphatic rings. The van der Waals surface area contributed by atoms with Crippen LogP contribution in [-0.2, 0) is 16.0 Å². The fourth-order valence-corrected chi connectivity index (χ4v) is 5.25. The van der Waals surface area contributed by atoms with E-state index in [2.05, 4.69) is 6.07 Å². The summed E-state index contributed by atoms with van der Waals surface area (Å²) >= 11 is 12.3. The molecule has 6 nitrogen and oxygen atoms in total. The van der Waals surface area contributed by atoms with E-state index in [9.17, 15) is 14.7 Å². The molecular weight excluding hydrogens is 437 g/mol. The predicted octanol–water partition coefficient (Wildman–Crippen LogP) is 3.85. The Balaban J connectivity index is 1.81. The first-order chi connectivity index (χ1) is 14.7. The van der Waals surface area contributed by atoms with Crippen LogP contribution in [0, 0.1) is 17.2 Å². The number of primary amides is 1. The molecule has 3 N–H and O–H groups in total. The van der Waals surface area contributed by atoms with E-state index < -0.39 is 11.4 Å². The number of halogens is 2. The van der Waals surface area contributed by atoms with Gasteiger partial charge in [0.25, 0.3) is 5.91 Å². The Kier molecular flexibility index (Phi) is 5.42. The van der Waals surface area contributed by atoms with Crippen molar-refractivity contribution in [2.45, 2.75) is 24.8 Å². The van der Waals surface area contributed by atoms with E-state index in [4.69, 9.17) is 34.2 Å². The van der Waals surface area contributed by atoms with Crippen molar-refractivity contribution in [1.82, 2.24) is 4.90 Å². The van der Waals surface area contributed by atoms with Gasteiger partial charge in [0.2, 0.25) is 5.91 Å². The number of carbonyl (C=O) groups is 2. The Labute approximate surface area is 189 Å². The number of aliphatic hydroxyl groups excluding tert-OH is 1. The fraction of sp³-hybridized carbons (Fsp3) is 0.261. The number of hydrogen-bond acceptors (Lipinski definition) is 4. The lowest BCUT2D eigenvalue weighted by Gasteiger charge is -2.32. The van der Waals surface area contributed by atoms with Gasteiger partial charge in [0.15, 0.2) is 0 Å². The molecule has 0 radical (unpaired) electrons. The summed E-state index contributed by atoms with van der Waals surface area (Å²) in [6, 6.07) is 13.8. The Morgan fingerprint density at radius 3 is 2.45 bits per heavy atom. The zero-order valence-corrected chi connectivity index (χ0v) is 18.0. The van der Waals surface area contributed by atoms with Crippen molar-refractivity contribution >= 4 is 40.6 Å². The number of nitrogens with two attached hydrogens (primary N) is 1. The highest BCUT2D eigenvalue weighted by Gasteiger charge is 2.57. The standard InChI is InChI=1S/C23H19Cl2N3O3/c24-17-6-16(7-18(25)8-17)20-21(30)23(9-13-1-3-14(11-26)4-2-13)10-15(5-19(27)29)12-28(23)22(20)31/h1-4,6-8,15,30H,5,9-10,12H2,(H2,27,29)/t15-,23-/m1/s1. The van der Waals surface area contributed by atoms with Gasteiger partial charge in [-0.05, 0) is 53.8 Å². The average molecular weight is 456 g/mol. The highest BCUT2D eigenvalue weighted by atomic mass is 35.5. The quantitative estimate of drug-likeness (QED) is 0.713. The second-order valence-electron chi connectivity index (χ2n) is 8.06. The maximum atomic E-state index is 13.4. The fourth-order valence-electron chi connectivity index (χ4n) is 4.72. The maximum Gasteiger partial charge on any atom is 0.258 e. The van der Waals surface area contributed by atoms with E-state index in [0.29, 0.717) is 40.6 Å². The van der Waals surface area contributed by atoms with Gasteiger partial charge in [-0.15, -0.1) is 0 Å². The zero-order chi connectivity index (χ0) is 22.3. The molecule has 2 aliphatic heterocycles. The summed E-state index contributed by atoms with van der Waals surface area (Å²) in [5, 5.41) is 21.2. The minimum absolute atomic E-state index is 0.0628. The summed E-state index contributed by atoms with van der Waals surface area (Å²) in [6.07, 6.45) is 0.860. The summed E-state index contributed by atoms with van der Waals surface area (Å²) in [4.78, 5) is 26.5. The second kappa shape index (κ2) is 7.92. The van der Waals surface area contributed by atoms with E-state index in [1.165, 1.54) is 0 Å². The molecule has 0 bridgehead atoms. The summed E-state index contributed by atoms with van der Waals surface area (Å²) in [5.74, 6) is -1.01. The lowest BCUT2D eigenvalue weighted by Crippen LogP contribution is -2.45. The van der Waals surface area contributed by atoms with Gasteiger partial charge in [-0.3, -0.25) is 9.59 Å². The smallest absolute Gasteiger partial charge is 0.258 e. The number of nitrogens with zero attached hydrogens (tertiary/aromatic N) is 2. The third-order valence-corrected chi connectivity index (χ3v) is 6.38. The lowest BCUT2D eigenvalue weighted by atomic mass is 9.83. The largest absolute Gasteiger partial charge is 0.509 e. The van der Waals surface area contributed by atoms with E-state index in [1.54, 1.807) is 47.4 Å². The van der Waals surface area contributed by atoms with Crippen LogP contribution in [0.3, 0.4) is 0 Å². The minimum Gasteiger partial charge on any atom is -0.509 e. The highest BCUT2D eigenvalue weighted by Crippen LogP contribution is 2.50. The molecule has 31 heavy (non-hydrogen) atoms. The molecule has 2 heterocycles. The van der Waals surface area contributed by atoms with Crippen molar-refractivity contribution in [2.75, 3.05) is 6.54 Å². The molecule has 2 amide bonds. The van der Waals surface area contributed by atoms with Crippen molar-refractivity contribution in [3.63, 3.8) is 0 Å². The minimum atomic E-state index is -1.00. The van der Waals surface area contributed by atoms with Crippen LogP contribution in [0.25, 0.3) is 5.57 Å². The highest BCUT2D eigenvalue weighted by molar-refractivity contribution is 6.35. The topological polar surface area (TPSA) is 107 Å². The number of benzene rings is 2. The van der Waals surface area contributed by atoms with Gasteiger partial charge in [0.05, 0.1) is 17.2 Å². The maximum absolute atomic E-state index is 13.4. The molecule has 0 saturated carbocycles. The number of aliphatic hydroxyl groups is 1. The van der Waals surface area contributed by atoms with Crippen LogP contribution in [0.5, 0.6) is 0 Å². The number of fused-ring (bicyclic) bond motifs is 1. The van der Waals surface area contributed by atoms with Crippen LogP contribution < -0.4 is 5.73 Å². The van der Waals surface area contributed by atoms with Gasteiger partial charge in [-0.1, -0.05) is 35.3 Å². The molecule has 4 rings (SSSR count). The molecule has 0 aromatic heterocycles. The first kappa shape index (κ1) is 21.2. The molecule has 8 heteroatoms. The van der Waals surface area contributed by atoms with Crippen LogP contribution in [0.15, 0.2) is 48.2 Å². The number of rotatable bonds is 5. The number of nitriles is 1. The molecular formula is C23H19Cl2N3O3. The van der Waals surface area contributed by atoms with Crippen LogP contribution in [-0.4, -0.2) is 33.9 Å². The Morgan fingerprint density at radius 1 is 1.23 bits per heavy atom. The first-order valence-electron chi connectivity index (χ1n) is 9.73. The van der Waals surface area contributed by atoms with Crippen molar-refractivity contribution in [3.8, 4) is 6.07 Å². The third-order valence-electron chi connectivity index (χ3n) is 5.94. The van der Waals surface area contributed by atoms with Gasteiger partial charge < -0.3 is 15.7 Å². The number of amides is 2. The third kappa shape index (κ3) is 3.76. The van der Waals surface area contributed by atoms with E-state index in [-0.39, 0.29) is 29.6 Å². The van der Waals surface area contributed by atoms with Gasteiger partial charge >= 0.3 is 0 Å². The SMILES string of the molecule is N#Cc1ccc(C[C@]23C[C@@H](CC(N)=O)CN2C(=O)C(c2cc(Cl)cc(Cl)c2)=C3O)cc1. The van der Waals surface area contributed by atoms with Gasteiger partial charge in [0.1, 0.15) is 11.3 Å². The van der Waals surface area contributed by atoms with E-state index in [0.717, 1.165) is 5.56 Å². The van der Waals surface area contributed by atoms with Gasteiger partial charge in [-0.25, -0.2) is 0 Å². The first-order valence-corrected chi connectivity index (χ1v) is 10.5. The second-order valence-corrected chi connectivity index (χ2v) is 8.93. The van der Waals surface area contributed by atoms with Crippen molar-refractivity contribution < 1.29 is 14.7 Å². The summed E-state index contributed by atoms with van der Waals surface area (Å²) in [5.41, 5.74) is 6.37. The summed E-state index contributed by atoms with van der Waals surface area (Å²) in [7, 11) is 0. The monoisotopic (exact) mass is 455 g/mol. The molecule has 2 aromatic rings. The van der Waals surface area contributed by atoms with Crippen molar-refractivity contribution in [2.24, 2.45) is 11.7 Å². The number of carbonyl (C=O) groups excluding carboxylic acids is 2. The van der Waals surface area contributed by atoms with E-state index >= 15 is 0 Å². The molecule has 1 saturated heterocycles. The van der Waals surface area contributed by atoms with Gasteiger partial charge in [0, 0.05) is 29.4 Å². The Morgan fingerprint density at radius 2 is 1.87 bits per heavy atom. The van der Waals surface area contributed by atoms with Crippen molar-refractivity contribution in [1.29, 1.82) is 5.26 Å². The van der Waals surface area contributed by atoms with Crippen LogP contribution in [0.1, 0.15) is 29.5 Å². The van der Waals surface area contributed by atoms with Crippen LogP contribution >= 0.6 is 23.2 Å². The number of hydrogen-bond donors (Lipinski definition) is 2. The summed E-state index contributed by atoms with van der Waals surface area (Å²) < 4.78 is 0. The predicted molar refractivity (Wildman–Crippen MR) is 117 cm³/mol. The Bertz CT molecular complexity index is 1130. The molecule has 0 unspecified atom stereocenters. The summed E-state index contributed by atoms with van der Waals surface area (Å²) in [6.45, 7) is 0.305. The molecule has 0 spiro atoms.